The van der Waals surface area contributed by atoms with Crippen molar-refractivity contribution >= 4 is 12.4 Å². The molecule has 0 amide bonds. The normalized spacial score (nSPS) is 11.9. The van der Waals surface area contributed by atoms with Gasteiger partial charge in [-0.05, 0) is 18.9 Å². The third-order valence-corrected chi connectivity index (χ3v) is 2.11. The van der Waals surface area contributed by atoms with Crippen LogP contribution in [-0.2, 0) is 0 Å². The molecule has 3 nitrogen and oxygen atoms in total. The van der Waals surface area contributed by atoms with Gasteiger partial charge >= 0.3 is 0 Å². The van der Waals surface area contributed by atoms with Gasteiger partial charge in [0.15, 0.2) is 0 Å². The fourth-order valence-electron chi connectivity index (χ4n) is 1.28. The van der Waals surface area contributed by atoms with Gasteiger partial charge in [0, 0.05) is 18.2 Å². The number of nitrogens with two attached hydrogens (primary N) is 1. The average Bonchev–Trinajstić information content (AvgIpc) is 2.10. The maximum atomic E-state index is 9.63. The number of phenols is 1. The molecule has 0 fully saturated rings. The Morgan fingerprint density at radius 3 is 2.64 bits per heavy atom. The second kappa shape index (κ2) is 5.86. The predicted octanol–water partition coefficient (Wildman–Crippen LogP) is 1.50. The molecule has 0 aliphatic rings. The first kappa shape index (κ1) is 13.2. The molecular weight excluding hydrogens is 202 g/mol. The third-order valence-electron chi connectivity index (χ3n) is 2.11. The second-order valence-electron chi connectivity index (χ2n) is 3.13. The van der Waals surface area contributed by atoms with Gasteiger partial charge < -0.3 is 15.9 Å². The highest BCUT2D eigenvalue weighted by Crippen LogP contribution is 2.27. The molecule has 0 radical (unpaired) electrons. The quantitative estimate of drug-likeness (QED) is 0.719. The van der Waals surface area contributed by atoms with Crippen LogP contribution in [0.3, 0.4) is 0 Å². The summed E-state index contributed by atoms with van der Waals surface area (Å²) in [5.74, 6) is 0.239. The highest BCUT2D eigenvalue weighted by atomic mass is 35.5. The summed E-state index contributed by atoms with van der Waals surface area (Å²) >= 11 is 0. The molecule has 0 spiro atoms. The highest BCUT2D eigenvalue weighted by molar-refractivity contribution is 5.85. The molecule has 1 atom stereocenters. The summed E-state index contributed by atoms with van der Waals surface area (Å²) in [5.41, 5.74) is 7.27. The Morgan fingerprint density at radius 2 is 2.07 bits per heavy atom. The van der Waals surface area contributed by atoms with E-state index in [2.05, 4.69) is 0 Å². The van der Waals surface area contributed by atoms with Crippen LogP contribution in [0.1, 0.15) is 23.6 Å². The van der Waals surface area contributed by atoms with Gasteiger partial charge in [0.25, 0.3) is 0 Å². The molecule has 1 aromatic rings. The zero-order valence-corrected chi connectivity index (χ0v) is 8.92. The number of rotatable bonds is 3. The fourth-order valence-corrected chi connectivity index (χ4v) is 1.28. The molecule has 1 rings (SSSR count). The molecule has 0 aliphatic carbocycles. The van der Waals surface area contributed by atoms with Crippen LogP contribution in [0.25, 0.3) is 0 Å². The highest BCUT2D eigenvalue weighted by Gasteiger charge is 2.10. The zero-order valence-electron chi connectivity index (χ0n) is 8.10. The summed E-state index contributed by atoms with van der Waals surface area (Å²) in [6.07, 6.45) is 0.469. The number of aromatic hydroxyl groups is 1. The second-order valence-corrected chi connectivity index (χ2v) is 3.13. The summed E-state index contributed by atoms with van der Waals surface area (Å²) in [5, 5.41) is 18.3. The minimum absolute atomic E-state index is 0. The van der Waals surface area contributed by atoms with Crippen LogP contribution < -0.4 is 5.73 Å². The lowest BCUT2D eigenvalue weighted by atomic mass is 10.0. The Hall–Kier alpha value is -0.770. The standard InChI is InChI=1S/C10H15NO2.ClH/c1-7-3-2-4-8(10(7)13)9(11)5-6-12;/h2-4,9,12-13H,5-6,11H2,1H3;1H/t9-;/m0./s1. The van der Waals surface area contributed by atoms with Crippen molar-refractivity contribution in [2.24, 2.45) is 5.73 Å². The smallest absolute Gasteiger partial charge is 0.123 e. The largest absolute Gasteiger partial charge is 0.507 e. The van der Waals surface area contributed by atoms with Gasteiger partial charge in [-0.25, -0.2) is 0 Å². The Labute approximate surface area is 90.0 Å². The van der Waals surface area contributed by atoms with E-state index >= 15 is 0 Å². The lowest BCUT2D eigenvalue weighted by Gasteiger charge is -2.13. The molecule has 0 saturated carbocycles. The van der Waals surface area contributed by atoms with Crippen molar-refractivity contribution in [2.75, 3.05) is 6.61 Å². The Kier molecular flexibility index (Phi) is 5.53. The fraction of sp³-hybridized carbons (Fsp3) is 0.400. The molecule has 0 saturated heterocycles. The first-order valence-electron chi connectivity index (χ1n) is 4.31. The number of para-hydroxylation sites is 1. The van der Waals surface area contributed by atoms with Gasteiger partial charge in [0.2, 0.25) is 0 Å². The van der Waals surface area contributed by atoms with Crippen LogP contribution in [-0.4, -0.2) is 16.8 Å². The molecule has 4 heteroatoms. The molecule has 0 heterocycles. The van der Waals surface area contributed by atoms with E-state index in [1.165, 1.54) is 0 Å². The van der Waals surface area contributed by atoms with Gasteiger partial charge in [-0.15, -0.1) is 12.4 Å². The van der Waals surface area contributed by atoms with Gasteiger partial charge in [0.1, 0.15) is 5.75 Å². The number of aliphatic hydroxyl groups is 1. The van der Waals surface area contributed by atoms with E-state index in [0.29, 0.717) is 12.0 Å². The van der Waals surface area contributed by atoms with E-state index in [9.17, 15) is 5.11 Å². The van der Waals surface area contributed by atoms with Crippen molar-refractivity contribution in [3.05, 3.63) is 29.3 Å². The SMILES string of the molecule is Cc1cccc([C@@H](N)CCO)c1O.Cl. The van der Waals surface area contributed by atoms with Gasteiger partial charge in [0.05, 0.1) is 0 Å². The van der Waals surface area contributed by atoms with E-state index in [1.54, 1.807) is 6.07 Å². The molecular formula is C10H16ClNO2. The average molecular weight is 218 g/mol. The van der Waals surface area contributed by atoms with E-state index < -0.39 is 0 Å². The molecule has 1 aromatic carbocycles. The summed E-state index contributed by atoms with van der Waals surface area (Å²) in [6.45, 7) is 1.86. The van der Waals surface area contributed by atoms with Crippen molar-refractivity contribution in [2.45, 2.75) is 19.4 Å². The van der Waals surface area contributed by atoms with Crippen molar-refractivity contribution in [1.29, 1.82) is 0 Å². The van der Waals surface area contributed by atoms with Gasteiger partial charge in [-0.3, -0.25) is 0 Å². The zero-order chi connectivity index (χ0) is 9.84. The summed E-state index contributed by atoms with van der Waals surface area (Å²) in [7, 11) is 0. The minimum Gasteiger partial charge on any atom is -0.507 e. The van der Waals surface area contributed by atoms with E-state index in [4.69, 9.17) is 10.8 Å². The van der Waals surface area contributed by atoms with Gasteiger partial charge in [-0.2, -0.15) is 0 Å². The minimum atomic E-state index is -0.287. The number of benzene rings is 1. The predicted molar refractivity (Wildman–Crippen MR) is 58.7 cm³/mol. The molecule has 4 N–H and O–H groups in total. The Bertz CT molecular complexity index is 291. The van der Waals surface area contributed by atoms with Crippen LogP contribution in [0.4, 0.5) is 0 Å². The topological polar surface area (TPSA) is 66.5 Å². The number of halogens is 1. The monoisotopic (exact) mass is 217 g/mol. The summed E-state index contributed by atoms with van der Waals surface area (Å²) in [4.78, 5) is 0. The number of hydrogen-bond acceptors (Lipinski definition) is 3. The van der Waals surface area contributed by atoms with Crippen LogP contribution in [0, 0.1) is 6.92 Å². The van der Waals surface area contributed by atoms with E-state index in [-0.39, 0.29) is 30.8 Å². The molecule has 80 valence electrons. The summed E-state index contributed by atoms with van der Waals surface area (Å²) in [6, 6.07) is 5.17. The van der Waals surface area contributed by atoms with Crippen LogP contribution in [0.15, 0.2) is 18.2 Å². The molecule has 0 unspecified atom stereocenters. The van der Waals surface area contributed by atoms with Crippen molar-refractivity contribution in [1.82, 2.24) is 0 Å². The molecule has 14 heavy (non-hydrogen) atoms. The Balaban J connectivity index is 0.00000169. The molecule has 0 aromatic heterocycles. The van der Waals surface area contributed by atoms with Crippen LogP contribution in [0.5, 0.6) is 5.75 Å². The lowest BCUT2D eigenvalue weighted by molar-refractivity contribution is 0.275. The first-order chi connectivity index (χ1) is 6.16. The van der Waals surface area contributed by atoms with Crippen molar-refractivity contribution in [3.8, 4) is 5.75 Å². The third kappa shape index (κ3) is 2.87. The Morgan fingerprint density at radius 1 is 1.43 bits per heavy atom. The van der Waals surface area contributed by atoms with E-state index in [1.807, 2.05) is 19.1 Å². The number of hydrogen-bond donors (Lipinski definition) is 3. The van der Waals surface area contributed by atoms with Crippen molar-refractivity contribution in [3.63, 3.8) is 0 Å². The maximum absolute atomic E-state index is 9.63. The number of phenolic OH excluding ortho intramolecular Hbond substituents is 1. The maximum Gasteiger partial charge on any atom is 0.123 e. The van der Waals surface area contributed by atoms with Crippen LogP contribution >= 0.6 is 12.4 Å². The van der Waals surface area contributed by atoms with Crippen molar-refractivity contribution < 1.29 is 10.2 Å². The lowest BCUT2D eigenvalue weighted by Crippen LogP contribution is -2.12. The molecule has 0 aliphatic heterocycles. The van der Waals surface area contributed by atoms with Crippen LogP contribution in [0.2, 0.25) is 0 Å². The molecule has 0 bridgehead atoms. The van der Waals surface area contributed by atoms with E-state index in [0.717, 1.165) is 5.56 Å². The number of aliphatic hydroxyl groups excluding tert-OH is 1. The number of aryl methyl sites for hydroxylation is 1. The summed E-state index contributed by atoms with van der Waals surface area (Å²) < 4.78 is 0. The first-order valence-corrected chi connectivity index (χ1v) is 4.31. The van der Waals surface area contributed by atoms with Gasteiger partial charge in [-0.1, -0.05) is 18.2 Å².